The molecular weight excluding hydrogens is 543 g/mol. The molecule has 1 aliphatic carbocycles. The monoisotopic (exact) mass is 562 g/mol. The number of aromatic nitrogens is 2. The van der Waals surface area contributed by atoms with Gasteiger partial charge in [-0.15, -0.1) is 0 Å². The first-order valence-corrected chi connectivity index (χ1v) is 12.6. The van der Waals surface area contributed by atoms with Gasteiger partial charge in [0.15, 0.2) is 10.7 Å². The second kappa shape index (κ2) is 9.67. The predicted molar refractivity (Wildman–Crippen MR) is 131 cm³/mol. The zero-order valence-electron chi connectivity index (χ0n) is 18.6. The van der Waals surface area contributed by atoms with Gasteiger partial charge in [-0.05, 0) is 42.5 Å². The van der Waals surface area contributed by atoms with E-state index >= 15 is 0 Å². The average molecular weight is 563 g/mol. The van der Waals surface area contributed by atoms with E-state index in [0.29, 0.717) is 10.0 Å². The highest BCUT2D eigenvalue weighted by atomic mass is 79.9. The molecule has 0 saturated heterocycles. The van der Waals surface area contributed by atoms with Crippen LogP contribution in [0.3, 0.4) is 0 Å². The zero-order chi connectivity index (χ0) is 25.3. The molecule has 0 spiro atoms. The number of allylic oxidation sites excluding steroid dienone is 4. The van der Waals surface area contributed by atoms with E-state index in [1.165, 1.54) is 56.7 Å². The van der Waals surface area contributed by atoms with Crippen LogP contribution in [0.5, 0.6) is 17.4 Å². The van der Waals surface area contributed by atoms with Crippen molar-refractivity contribution in [3.63, 3.8) is 0 Å². The van der Waals surface area contributed by atoms with Crippen molar-refractivity contribution in [1.29, 1.82) is 0 Å². The van der Waals surface area contributed by atoms with E-state index in [1.54, 1.807) is 18.2 Å². The first kappa shape index (κ1) is 24.7. The highest BCUT2D eigenvalue weighted by Gasteiger charge is 2.32. The Bertz CT molecular complexity index is 1490. The van der Waals surface area contributed by atoms with Gasteiger partial charge in [-0.2, -0.15) is 4.98 Å². The summed E-state index contributed by atoms with van der Waals surface area (Å²) < 4.78 is 53.1. The lowest BCUT2D eigenvalue weighted by Crippen LogP contribution is -2.29. The van der Waals surface area contributed by atoms with Gasteiger partial charge >= 0.3 is 0 Å². The van der Waals surface area contributed by atoms with Crippen LogP contribution >= 0.6 is 15.9 Å². The number of sulfone groups is 1. The Morgan fingerprint density at radius 3 is 2.29 bits per heavy atom. The Hall–Kier alpha value is -3.44. The number of methoxy groups -OCH3 is 2. The molecular formula is C24H20BrFN2O6S. The van der Waals surface area contributed by atoms with Crippen molar-refractivity contribution in [3.8, 4) is 23.1 Å². The molecule has 0 saturated carbocycles. The van der Waals surface area contributed by atoms with Crippen LogP contribution in [0.25, 0.3) is 11.3 Å². The maximum absolute atomic E-state index is 13.9. The molecule has 1 aliphatic rings. The van der Waals surface area contributed by atoms with Gasteiger partial charge in [0.05, 0.1) is 19.1 Å². The van der Waals surface area contributed by atoms with Crippen molar-refractivity contribution in [2.24, 2.45) is 0 Å². The molecule has 0 fully saturated rings. The molecule has 2 aromatic carbocycles. The smallest absolute Gasteiger partial charge is 0.281 e. The fraction of sp³-hybridized carbons (Fsp3) is 0.167. The number of alkyl halides is 1. The summed E-state index contributed by atoms with van der Waals surface area (Å²) >= 11 is 3.24. The van der Waals surface area contributed by atoms with Crippen LogP contribution in [-0.4, -0.2) is 43.5 Å². The van der Waals surface area contributed by atoms with Crippen molar-refractivity contribution in [2.75, 3.05) is 14.2 Å². The van der Waals surface area contributed by atoms with Gasteiger partial charge in [0.25, 0.3) is 5.56 Å². The lowest BCUT2D eigenvalue weighted by atomic mass is 10.0. The van der Waals surface area contributed by atoms with Crippen LogP contribution < -0.4 is 15.0 Å². The summed E-state index contributed by atoms with van der Waals surface area (Å²) in [5, 5.41) is 10.7. The second-order valence-corrected chi connectivity index (χ2v) is 10.3. The van der Waals surface area contributed by atoms with Crippen LogP contribution in [-0.2, 0) is 9.84 Å². The summed E-state index contributed by atoms with van der Waals surface area (Å²) in [5.41, 5.74) is -0.685. The van der Waals surface area contributed by atoms with Crippen LogP contribution in [0, 0.1) is 0 Å². The number of halogens is 2. The highest BCUT2D eigenvalue weighted by molar-refractivity contribution is 9.10. The fourth-order valence-corrected chi connectivity index (χ4v) is 5.28. The highest BCUT2D eigenvalue weighted by Crippen LogP contribution is 2.36. The Morgan fingerprint density at radius 2 is 1.74 bits per heavy atom. The molecule has 35 heavy (non-hydrogen) atoms. The van der Waals surface area contributed by atoms with E-state index in [4.69, 9.17) is 9.47 Å². The number of benzene rings is 2. The number of rotatable bonds is 6. The van der Waals surface area contributed by atoms with E-state index in [9.17, 15) is 22.7 Å². The van der Waals surface area contributed by atoms with Gasteiger partial charge < -0.3 is 14.6 Å². The third-order valence-corrected chi connectivity index (χ3v) is 7.66. The molecule has 11 heteroatoms. The fourth-order valence-electron chi connectivity index (χ4n) is 3.67. The van der Waals surface area contributed by atoms with Crippen LogP contribution in [0.2, 0.25) is 0 Å². The maximum Gasteiger partial charge on any atom is 0.281 e. The summed E-state index contributed by atoms with van der Waals surface area (Å²) in [4.78, 5) is 16.8. The van der Waals surface area contributed by atoms with Crippen molar-refractivity contribution in [3.05, 3.63) is 81.3 Å². The first-order chi connectivity index (χ1) is 16.7. The van der Waals surface area contributed by atoms with Crippen molar-refractivity contribution in [2.45, 2.75) is 22.4 Å². The molecule has 182 valence electrons. The number of hydrogen-bond donors (Lipinski definition) is 1. The molecule has 0 amide bonds. The molecule has 1 aromatic heterocycles. The van der Waals surface area contributed by atoms with Gasteiger partial charge in [-0.25, -0.2) is 12.8 Å². The molecule has 0 radical (unpaired) electrons. The van der Waals surface area contributed by atoms with Crippen molar-refractivity contribution in [1.82, 2.24) is 9.55 Å². The maximum atomic E-state index is 13.9. The van der Waals surface area contributed by atoms with E-state index < -0.39 is 32.3 Å². The van der Waals surface area contributed by atoms with Gasteiger partial charge in [-0.1, -0.05) is 34.1 Å². The number of aromatic hydroxyl groups is 1. The first-order valence-electron chi connectivity index (χ1n) is 10.3. The third-order valence-electron chi connectivity index (χ3n) is 5.35. The average Bonchev–Trinajstić information content (AvgIpc) is 2.84. The van der Waals surface area contributed by atoms with Crippen LogP contribution in [0.15, 0.2) is 79.8 Å². The summed E-state index contributed by atoms with van der Waals surface area (Å²) in [6.07, 6.45) is 3.01. The standard InChI is InChI=1S/C24H20BrFN2O6S/c1-33-18-4-3-5-19(34-2)20(18)28-22(14-6-10-16(26)11-7-14)27-23(29)21(24(28)30)35(31,32)17-12-8-15(25)9-13-17/h3-10,12-13,16,29H,11H2,1-2H3. The van der Waals surface area contributed by atoms with Crippen LogP contribution in [0.1, 0.15) is 12.2 Å². The Labute approximate surface area is 209 Å². The minimum atomic E-state index is -4.49. The molecule has 1 unspecified atom stereocenters. The van der Waals surface area contributed by atoms with Crippen molar-refractivity contribution < 1.29 is 27.4 Å². The Balaban J connectivity index is 2.11. The molecule has 8 nitrogen and oxygen atoms in total. The molecule has 4 rings (SSSR count). The van der Waals surface area contributed by atoms with Crippen molar-refractivity contribution >= 4 is 31.3 Å². The minimum absolute atomic E-state index is 0.0183. The van der Waals surface area contributed by atoms with Gasteiger partial charge in [-0.3, -0.25) is 9.36 Å². The molecule has 0 bridgehead atoms. The van der Waals surface area contributed by atoms with E-state index in [1.807, 2.05) is 0 Å². The number of para-hydroxylation sites is 1. The molecule has 0 aliphatic heterocycles. The summed E-state index contributed by atoms with van der Waals surface area (Å²) in [6, 6.07) is 10.4. The third kappa shape index (κ3) is 4.48. The Morgan fingerprint density at radius 1 is 1.11 bits per heavy atom. The van der Waals surface area contributed by atoms with E-state index in [-0.39, 0.29) is 34.3 Å². The van der Waals surface area contributed by atoms with E-state index in [0.717, 1.165) is 4.57 Å². The summed E-state index contributed by atoms with van der Waals surface area (Å²) in [7, 11) is -1.73. The van der Waals surface area contributed by atoms with Gasteiger partial charge in [0, 0.05) is 16.5 Å². The number of nitrogens with zero attached hydrogens (tertiary/aromatic N) is 2. The quantitative estimate of drug-likeness (QED) is 0.478. The summed E-state index contributed by atoms with van der Waals surface area (Å²) in [6.45, 7) is 0. The minimum Gasteiger partial charge on any atom is -0.494 e. The number of hydrogen-bond acceptors (Lipinski definition) is 7. The van der Waals surface area contributed by atoms with Gasteiger partial charge in [0.1, 0.15) is 23.4 Å². The molecule has 3 aromatic rings. The zero-order valence-corrected chi connectivity index (χ0v) is 21.0. The second-order valence-electron chi connectivity index (χ2n) is 7.47. The molecule has 1 heterocycles. The van der Waals surface area contributed by atoms with Gasteiger partial charge in [0.2, 0.25) is 15.7 Å². The Kier molecular flexibility index (Phi) is 6.82. The topological polar surface area (TPSA) is 108 Å². The normalized spacial score (nSPS) is 15.5. The SMILES string of the molecule is COc1cccc(OC)c1-n1c(C2=CCC(F)C=C2)nc(O)c(S(=O)(=O)c2ccc(Br)cc2)c1=O. The lowest BCUT2D eigenvalue weighted by molar-refractivity contribution is 0.387. The summed E-state index contributed by atoms with van der Waals surface area (Å²) in [5.74, 6) is -0.699. The molecule has 1 atom stereocenters. The molecule has 1 N–H and O–H groups in total. The lowest BCUT2D eigenvalue weighted by Gasteiger charge is -2.20. The predicted octanol–water partition coefficient (Wildman–Crippen LogP) is 4.23. The van der Waals surface area contributed by atoms with E-state index in [2.05, 4.69) is 20.9 Å². The largest absolute Gasteiger partial charge is 0.494 e. The number of ether oxygens (including phenoxy) is 2. The van der Waals surface area contributed by atoms with Crippen LogP contribution in [0.4, 0.5) is 4.39 Å².